The lowest BCUT2D eigenvalue weighted by atomic mass is 10.2. The van der Waals surface area contributed by atoms with Crippen molar-refractivity contribution >= 4 is 41.2 Å². The van der Waals surface area contributed by atoms with Crippen LogP contribution in [-0.4, -0.2) is 20.0 Å². The van der Waals surface area contributed by atoms with E-state index in [0.717, 1.165) is 0 Å². The average Bonchev–Trinajstić information content (AvgIpc) is 2.22. The van der Waals surface area contributed by atoms with Crippen LogP contribution in [0.15, 0.2) is 24.3 Å². The van der Waals surface area contributed by atoms with Crippen LogP contribution in [0.3, 0.4) is 0 Å². The molecule has 0 fully saturated rings. The van der Waals surface area contributed by atoms with Gasteiger partial charge in [0.2, 0.25) is 0 Å². The van der Waals surface area contributed by atoms with Crippen molar-refractivity contribution in [3.63, 3.8) is 0 Å². The molecule has 104 valence electrons. The fourth-order valence-electron chi connectivity index (χ4n) is 0.440. The van der Waals surface area contributed by atoms with Crippen LogP contribution in [0.1, 0.15) is 0 Å². The number of carbonyl (C=O) groups excluding carboxylic acids is 2. The lowest BCUT2D eigenvalue weighted by Crippen LogP contribution is -1.97. The van der Waals surface area contributed by atoms with Gasteiger partial charge in [0, 0.05) is 21.4 Å². The Bertz CT molecular complexity index is 470. The summed E-state index contributed by atoms with van der Waals surface area (Å²) in [5.41, 5.74) is 27.0. The van der Waals surface area contributed by atoms with Crippen LogP contribution in [0.5, 0.6) is 0 Å². The Balaban J connectivity index is -0.000000202. The Labute approximate surface area is 116 Å². The van der Waals surface area contributed by atoms with E-state index in [9.17, 15) is 9.59 Å². The average molecular weight is 327 g/mol. The minimum absolute atomic E-state index is 0.121. The molecule has 0 aromatic rings. The van der Waals surface area contributed by atoms with E-state index in [1.54, 1.807) is 0 Å². The fourth-order valence-corrected chi connectivity index (χ4v) is 0.440. The van der Waals surface area contributed by atoms with Crippen molar-refractivity contribution in [1.29, 1.82) is 0 Å². The van der Waals surface area contributed by atoms with E-state index >= 15 is 0 Å². The van der Waals surface area contributed by atoms with Crippen molar-refractivity contribution in [1.82, 2.24) is 0 Å². The summed E-state index contributed by atoms with van der Waals surface area (Å²) in [6.45, 7) is 0. The van der Waals surface area contributed by atoms with E-state index in [4.69, 9.17) is 30.5 Å². The molecule has 1 aliphatic carbocycles. The molecule has 0 aliphatic heterocycles. The van der Waals surface area contributed by atoms with Crippen molar-refractivity contribution in [3.8, 4) is 0 Å². The molecule has 0 heterocycles. The third-order valence-corrected chi connectivity index (χ3v) is 0.824. The zero-order valence-corrected chi connectivity index (χ0v) is 11.1. The fraction of sp³-hybridized carbons (Fsp3) is 0. The van der Waals surface area contributed by atoms with Crippen molar-refractivity contribution in [3.05, 3.63) is 56.3 Å². The van der Waals surface area contributed by atoms with Crippen LogP contribution in [0, 0.1) is 0 Å². The molecule has 0 aromatic heterocycles. The molecule has 0 spiro atoms. The maximum atomic E-state index is 10.3. The van der Waals surface area contributed by atoms with Gasteiger partial charge in [-0.05, 0) is 24.3 Å². The quantitative estimate of drug-likeness (QED) is 0.217. The molecule has 0 saturated carbocycles. The highest BCUT2D eigenvalue weighted by Crippen LogP contribution is 1.98. The third-order valence-electron chi connectivity index (χ3n) is 0.824. The number of nitrogens with zero attached hydrogens (tertiary/aromatic N) is 6. The van der Waals surface area contributed by atoms with Gasteiger partial charge in [-0.25, -0.2) is 0 Å². The zero-order valence-electron chi connectivity index (χ0n) is 8.79. The molecule has 1 aliphatic rings. The lowest BCUT2D eigenvalue weighted by Gasteiger charge is -1.87. The monoisotopic (exact) mass is 326 g/mol. The second-order valence-electron chi connectivity index (χ2n) is 2.03. The summed E-state index contributed by atoms with van der Waals surface area (Å²) in [5.74, 6) is -0.241. The van der Waals surface area contributed by atoms with Gasteiger partial charge in [-0.15, -0.1) is 0 Å². The van der Waals surface area contributed by atoms with Crippen LogP contribution < -0.4 is 0 Å². The summed E-state index contributed by atoms with van der Waals surface area (Å²) in [4.78, 5) is 23.6. The summed E-state index contributed by atoms with van der Waals surface area (Å²) in [7, 11) is 4.81. The van der Waals surface area contributed by atoms with Crippen molar-refractivity contribution in [2.75, 3.05) is 0 Å². The van der Waals surface area contributed by atoms with E-state index in [1.165, 1.54) is 34.1 Å². The maximum Gasteiger partial charge on any atom is 0.317 e. The first kappa shape index (κ1) is 22.2. The van der Waals surface area contributed by atoms with Crippen molar-refractivity contribution in [2.45, 2.75) is 0 Å². The van der Waals surface area contributed by atoms with Gasteiger partial charge < -0.3 is 22.1 Å². The molecule has 0 amide bonds. The third kappa shape index (κ3) is 49.1. The molecule has 0 aromatic carbocycles. The molecular weight excluding hydrogens is 323 g/mol. The molecule has 0 radical (unpaired) electrons. The smallest absolute Gasteiger partial charge is 0.317 e. The Kier molecular flexibility index (Phi) is 16.4. The van der Waals surface area contributed by atoms with Crippen LogP contribution in [0.25, 0.3) is 31.9 Å². The Morgan fingerprint density at radius 1 is 0.789 bits per heavy atom. The minimum atomic E-state index is -3.72. The Morgan fingerprint density at radius 3 is 1.00 bits per heavy atom. The molecule has 0 atom stereocenters. The van der Waals surface area contributed by atoms with Crippen LogP contribution in [-0.2, 0) is 17.9 Å². The van der Waals surface area contributed by atoms with Gasteiger partial charge in [0.25, 0.3) is 0 Å². The molecule has 0 unspecified atom stereocenters. The molecule has 10 nitrogen and oxygen atoms in total. The van der Waals surface area contributed by atoms with Gasteiger partial charge >= 0.3 is 8.26 Å². The first-order valence-corrected chi connectivity index (χ1v) is 6.81. The van der Waals surface area contributed by atoms with Crippen LogP contribution >= 0.6 is 21.4 Å². The number of hydrogen-bond acceptors (Lipinski definition) is 4. The first-order valence-electron chi connectivity index (χ1n) is 3.67. The lowest BCUT2D eigenvalue weighted by molar-refractivity contribution is -0.113. The number of rotatable bonds is 0. The van der Waals surface area contributed by atoms with Gasteiger partial charge in [-0.1, -0.05) is 0 Å². The SMILES string of the molecule is O=C1C=CC(=O)C=C1.O=S(=O)(Cl)Cl.[N-]=[N+]=[N-].[N-]=[N+]=[N-]. The predicted octanol–water partition coefficient (Wildman–Crippen LogP) is 2.69. The Morgan fingerprint density at radius 2 is 0.895 bits per heavy atom. The highest BCUT2D eigenvalue weighted by atomic mass is 36.0. The van der Waals surface area contributed by atoms with E-state index in [1.807, 2.05) is 0 Å². The maximum absolute atomic E-state index is 10.3. The summed E-state index contributed by atoms with van der Waals surface area (Å²) < 4.78 is 18.3. The molecule has 0 bridgehead atoms. The summed E-state index contributed by atoms with van der Waals surface area (Å²) >= 11 is 0. The highest BCUT2D eigenvalue weighted by Gasteiger charge is 1.97. The Hall–Kier alpha value is -2.03. The number of ketones is 2. The van der Waals surface area contributed by atoms with E-state index < -0.39 is 8.26 Å². The van der Waals surface area contributed by atoms with Gasteiger partial charge in [0.15, 0.2) is 11.6 Å². The molecular formula is C6H4Cl2N6O4S-2. The van der Waals surface area contributed by atoms with Crippen LogP contribution in [0.2, 0.25) is 0 Å². The van der Waals surface area contributed by atoms with Gasteiger partial charge in [0.05, 0.1) is 0 Å². The molecule has 13 heteroatoms. The summed E-state index contributed by atoms with van der Waals surface area (Å²) in [6, 6.07) is 0. The number of halogens is 2. The number of allylic oxidation sites excluding steroid dienone is 4. The molecule has 0 saturated heterocycles. The summed E-state index contributed by atoms with van der Waals surface area (Å²) in [6.07, 6.45) is 5.01. The largest absolute Gasteiger partial charge is 0.373 e. The summed E-state index contributed by atoms with van der Waals surface area (Å²) in [5, 5.41) is 0. The van der Waals surface area contributed by atoms with Crippen molar-refractivity contribution in [2.24, 2.45) is 0 Å². The standard InChI is InChI=1S/C6H4O2.Cl2O2S.2N3/c7-5-1-2-6(8)4-3-5;1-5(2,3)4;2*1-3-2/h1-4H;;;/q;;2*-1. The molecule has 19 heavy (non-hydrogen) atoms. The van der Waals surface area contributed by atoms with Gasteiger partial charge in [0.1, 0.15) is 0 Å². The second kappa shape index (κ2) is 14.0. The zero-order chi connectivity index (χ0) is 15.9. The minimum Gasteiger partial charge on any atom is -0.373 e. The van der Waals surface area contributed by atoms with Gasteiger partial charge in [-0.2, -0.15) is 8.42 Å². The van der Waals surface area contributed by atoms with E-state index in [0.29, 0.717) is 0 Å². The topological polar surface area (TPSA) is 186 Å². The normalized spacial score (nSPS) is 11.3. The predicted molar refractivity (Wildman–Crippen MR) is 69.1 cm³/mol. The van der Waals surface area contributed by atoms with E-state index in [-0.39, 0.29) is 11.6 Å². The number of hydrogen-bond donors (Lipinski definition) is 0. The van der Waals surface area contributed by atoms with E-state index in [2.05, 4.69) is 21.4 Å². The van der Waals surface area contributed by atoms with Crippen molar-refractivity contribution < 1.29 is 18.0 Å². The van der Waals surface area contributed by atoms with Gasteiger partial charge in [-0.3, -0.25) is 19.4 Å². The highest BCUT2D eigenvalue weighted by molar-refractivity contribution is 8.31. The molecule has 1 rings (SSSR count). The number of carbonyl (C=O) groups is 2. The molecule has 0 N–H and O–H groups in total. The first-order chi connectivity index (χ1) is 8.62. The second-order valence-corrected chi connectivity index (χ2v) is 5.70. The van der Waals surface area contributed by atoms with Crippen LogP contribution in [0.4, 0.5) is 0 Å².